The fraction of sp³-hybridized carbons (Fsp3) is 0.200. The molecule has 0 amide bonds. The molecule has 0 atom stereocenters. The largest absolute Gasteiger partial charge is 0.368 e. The molecule has 0 aromatic carbocycles. The van der Waals surface area contributed by atoms with Gasteiger partial charge in [0.25, 0.3) is 0 Å². The van der Waals surface area contributed by atoms with Crippen LogP contribution in [0.2, 0.25) is 0 Å². The van der Waals surface area contributed by atoms with Gasteiger partial charge in [0, 0.05) is 18.3 Å². The first-order chi connectivity index (χ1) is 8.83. The first-order valence-electron chi connectivity index (χ1n) is 5.40. The van der Waals surface area contributed by atoms with Crippen molar-refractivity contribution >= 4 is 34.3 Å². The van der Waals surface area contributed by atoms with Crippen LogP contribution in [0.15, 0.2) is 17.2 Å². The molecule has 0 aliphatic rings. The van der Waals surface area contributed by atoms with E-state index in [0.717, 1.165) is 24.2 Å². The normalized spacial score (nSPS) is 10.9. The Morgan fingerprint density at radius 1 is 1.33 bits per heavy atom. The van der Waals surface area contributed by atoms with Gasteiger partial charge in [-0.2, -0.15) is 9.97 Å². The fourth-order valence-corrected chi connectivity index (χ4v) is 2.24. The van der Waals surface area contributed by atoms with E-state index in [4.69, 9.17) is 5.73 Å². The van der Waals surface area contributed by atoms with E-state index in [1.807, 2.05) is 10.9 Å². The van der Waals surface area contributed by atoms with Crippen molar-refractivity contribution in [2.45, 2.75) is 6.42 Å². The standard InChI is InChI=1S/C10H11N7S/c11-10-16-8(7-9(17-10)14-4-13-7)12-2-1-6-3-18-5-15-6/h3-5H,1-2H2,(H4,11,12,13,14,16,17). The highest BCUT2D eigenvalue weighted by Gasteiger charge is 2.07. The lowest BCUT2D eigenvalue weighted by molar-refractivity contribution is 0.969. The van der Waals surface area contributed by atoms with E-state index in [0.29, 0.717) is 11.5 Å². The van der Waals surface area contributed by atoms with Gasteiger partial charge in [-0.05, 0) is 0 Å². The van der Waals surface area contributed by atoms with E-state index >= 15 is 0 Å². The number of nitrogens with two attached hydrogens (primary N) is 1. The molecular weight excluding hydrogens is 250 g/mol. The molecule has 3 heterocycles. The van der Waals surface area contributed by atoms with Gasteiger partial charge in [0.2, 0.25) is 5.95 Å². The summed E-state index contributed by atoms with van der Waals surface area (Å²) in [6, 6.07) is 0. The van der Waals surface area contributed by atoms with Gasteiger partial charge in [0.1, 0.15) is 5.52 Å². The van der Waals surface area contributed by atoms with Gasteiger partial charge in [-0.3, -0.25) is 0 Å². The monoisotopic (exact) mass is 261 g/mol. The molecule has 0 unspecified atom stereocenters. The van der Waals surface area contributed by atoms with Crippen molar-refractivity contribution in [3.8, 4) is 0 Å². The van der Waals surface area contributed by atoms with Crippen LogP contribution in [0.3, 0.4) is 0 Å². The lowest BCUT2D eigenvalue weighted by Gasteiger charge is -2.05. The Balaban J connectivity index is 1.75. The summed E-state index contributed by atoms with van der Waals surface area (Å²) in [6.45, 7) is 0.730. The van der Waals surface area contributed by atoms with Gasteiger partial charge in [-0.25, -0.2) is 9.97 Å². The molecule has 7 nitrogen and oxygen atoms in total. The van der Waals surface area contributed by atoms with Crippen molar-refractivity contribution < 1.29 is 0 Å². The number of anilines is 2. The maximum absolute atomic E-state index is 5.62. The van der Waals surface area contributed by atoms with Crippen LogP contribution in [-0.2, 0) is 6.42 Å². The van der Waals surface area contributed by atoms with Crippen LogP contribution in [-0.4, -0.2) is 31.5 Å². The average Bonchev–Trinajstić information content (AvgIpc) is 2.98. The Morgan fingerprint density at radius 2 is 2.28 bits per heavy atom. The number of aromatic amines is 1. The topological polar surface area (TPSA) is 105 Å². The summed E-state index contributed by atoms with van der Waals surface area (Å²) in [4.78, 5) is 19.5. The Labute approximate surface area is 107 Å². The van der Waals surface area contributed by atoms with Gasteiger partial charge in [-0.15, -0.1) is 11.3 Å². The SMILES string of the molecule is Nc1nc(NCCc2cscn2)c2[nH]cnc2n1. The number of aromatic nitrogens is 5. The number of nitrogen functional groups attached to an aromatic ring is 1. The average molecular weight is 261 g/mol. The van der Waals surface area contributed by atoms with Crippen molar-refractivity contribution in [3.63, 3.8) is 0 Å². The number of thiazole rings is 1. The van der Waals surface area contributed by atoms with Gasteiger partial charge < -0.3 is 16.0 Å². The maximum atomic E-state index is 5.62. The summed E-state index contributed by atoms with van der Waals surface area (Å²) >= 11 is 1.59. The van der Waals surface area contributed by atoms with Crippen LogP contribution in [0.1, 0.15) is 5.69 Å². The number of H-pyrrole nitrogens is 1. The van der Waals surface area contributed by atoms with Crippen molar-refractivity contribution in [2.75, 3.05) is 17.6 Å². The minimum absolute atomic E-state index is 0.214. The summed E-state index contributed by atoms with van der Waals surface area (Å²) in [5.74, 6) is 0.885. The summed E-state index contributed by atoms with van der Waals surface area (Å²) in [7, 11) is 0. The second-order valence-corrected chi connectivity index (χ2v) is 4.41. The zero-order chi connectivity index (χ0) is 12.4. The van der Waals surface area contributed by atoms with Crippen molar-refractivity contribution in [1.82, 2.24) is 24.9 Å². The van der Waals surface area contributed by atoms with Crippen LogP contribution < -0.4 is 11.1 Å². The number of nitrogens with one attached hydrogen (secondary N) is 2. The van der Waals surface area contributed by atoms with E-state index in [-0.39, 0.29) is 5.95 Å². The number of imidazole rings is 1. The second-order valence-electron chi connectivity index (χ2n) is 3.69. The summed E-state index contributed by atoms with van der Waals surface area (Å²) in [6.07, 6.45) is 2.41. The Hall–Kier alpha value is -2.22. The molecule has 0 fully saturated rings. The number of hydrogen-bond donors (Lipinski definition) is 3. The molecule has 3 rings (SSSR count). The number of rotatable bonds is 4. The van der Waals surface area contributed by atoms with E-state index in [1.165, 1.54) is 0 Å². The molecule has 0 aliphatic heterocycles. The minimum Gasteiger partial charge on any atom is -0.368 e. The van der Waals surface area contributed by atoms with E-state index < -0.39 is 0 Å². The molecule has 0 saturated carbocycles. The van der Waals surface area contributed by atoms with Crippen LogP contribution in [0, 0.1) is 0 Å². The zero-order valence-electron chi connectivity index (χ0n) is 9.42. The summed E-state index contributed by atoms with van der Waals surface area (Å²) in [5, 5.41) is 5.24. The molecule has 18 heavy (non-hydrogen) atoms. The third kappa shape index (κ3) is 2.09. The Morgan fingerprint density at radius 3 is 3.11 bits per heavy atom. The fourth-order valence-electron chi connectivity index (χ4n) is 1.65. The summed E-state index contributed by atoms with van der Waals surface area (Å²) in [5.41, 5.74) is 9.85. The van der Waals surface area contributed by atoms with Crippen molar-refractivity contribution in [2.24, 2.45) is 0 Å². The molecular formula is C10H11N7S. The van der Waals surface area contributed by atoms with Gasteiger partial charge in [-0.1, -0.05) is 0 Å². The van der Waals surface area contributed by atoms with Crippen molar-refractivity contribution in [3.05, 3.63) is 22.9 Å². The van der Waals surface area contributed by atoms with Crippen LogP contribution in [0.5, 0.6) is 0 Å². The van der Waals surface area contributed by atoms with Gasteiger partial charge in [0.05, 0.1) is 17.5 Å². The molecule has 0 aliphatic carbocycles. The van der Waals surface area contributed by atoms with Gasteiger partial charge >= 0.3 is 0 Å². The van der Waals surface area contributed by atoms with Crippen LogP contribution in [0.4, 0.5) is 11.8 Å². The lowest BCUT2D eigenvalue weighted by Crippen LogP contribution is -2.09. The molecule has 4 N–H and O–H groups in total. The lowest BCUT2D eigenvalue weighted by atomic mass is 10.3. The predicted octanol–water partition coefficient (Wildman–Crippen LogP) is 1.05. The molecule has 0 radical (unpaired) electrons. The van der Waals surface area contributed by atoms with Crippen LogP contribution >= 0.6 is 11.3 Å². The molecule has 0 saturated heterocycles. The summed E-state index contributed by atoms with van der Waals surface area (Å²) < 4.78 is 0. The smallest absolute Gasteiger partial charge is 0.224 e. The van der Waals surface area contributed by atoms with Crippen molar-refractivity contribution in [1.29, 1.82) is 0 Å². The van der Waals surface area contributed by atoms with E-state index in [2.05, 4.69) is 30.2 Å². The molecule has 3 aromatic rings. The molecule has 8 heteroatoms. The quantitative estimate of drug-likeness (QED) is 0.648. The Kier molecular flexibility index (Phi) is 2.77. The molecule has 0 spiro atoms. The minimum atomic E-state index is 0.214. The molecule has 0 bridgehead atoms. The highest BCUT2D eigenvalue weighted by molar-refractivity contribution is 7.07. The van der Waals surface area contributed by atoms with Gasteiger partial charge in [0.15, 0.2) is 11.5 Å². The van der Waals surface area contributed by atoms with E-state index in [1.54, 1.807) is 17.7 Å². The first kappa shape index (κ1) is 10.9. The zero-order valence-corrected chi connectivity index (χ0v) is 10.2. The maximum Gasteiger partial charge on any atom is 0.224 e. The third-order valence-electron chi connectivity index (χ3n) is 2.46. The molecule has 3 aromatic heterocycles. The third-order valence-corrected chi connectivity index (χ3v) is 3.10. The number of fused-ring (bicyclic) bond motifs is 1. The number of hydrogen-bond acceptors (Lipinski definition) is 7. The predicted molar refractivity (Wildman–Crippen MR) is 70.4 cm³/mol. The first-order valence-corrected chi connectivity index (χ1v) is 6.35. The Bertz CT molecular complexity index is 645. The highest BCUT2D eigenvalue weighted by atomic mass is 32.1. The second kappa shape index (κ2) is 4.57. The molecule has 92 valence electrons. The van der Waals surface area contributed by atoms with Crippen LogP contribution in [0.25, 0.3) is 11.2 Å². The number of nitrogens with zero attached hydrogens (tertiary/aromatic N) is 4. The van der Waals surface area contributed by atoms with E-state index in [9.17, 15) is 0 Å². The highest BCUT2D eigenvalue weighted by Crippen LogP contribution is 2.17.